The molecule has 0 spiro atoms. The van der Waals surface area contributed by atoms with Crippen LogP contribution in [0.1, 0.15) is 12.0 Å². The zero-order valence-corrected chi connectivity index (χ0v) is 11.4. The number of benzene rings is 2. The summed E-state index contributed by atoms with van der Waals surface area (Å²) in [6.07, 6.45) is -2.70. The third kappa shape index (κ3) is 3.11. The Hall–Kier alpha value is -1.59. The summed E-state index contributed by atoms with van der Waals surface area (Å²) in [7, 11) is 0. The Balaban J connectivity index is 2.40. The van der Waals surface area contributed by atoms with Crippen molar-refractivity contribution >= 4 is 40.3 Å². The van der Waals surface area contributed by atoms with Crippen molar-refractivity contribution in [3.63, 3.8) is 0 Å². The highest BCUT2D eigenvalue weighted by molar-refractivity contribution is 6.35. The van der Waals surface area contributed by atoms with E-state index >= 15 is 0 Å². The Morgan fingerprint density at radius 3 is 2.20 bits per heavy atom. The Morgan fingerprint density at radius 1 is 1.05 bits per heavy atom. The van der Waals surface area contributed by atoms with Crippen LogP contribution < -0.4 is 11.1 Å². The second kappa shape index (κ2) is 5.81. The minimum Gasteiger partial charge on any atom is -0.399 e. The lowest BCUT2D eigenvalue weighted by atomic mass is 10.1. The molecule has 2 nitrogen and oxygen atoms in total. The molecule has 0 aromatic heterocycles. The number of hydrogen-bond acceptors (Lipinski definition) is 2. The molecule has 2 aromatic carbocycles. The van der Waals surface area contributed by atoms with E-state index in [0.717, 1.165) is 0 Å². The van der Waals surface area contributed by atoms with Crippen LogP contribution in [-0.4, -0.2) is 0 Å². The fourth-order valence-electron chi connectivity index (χ4n) is 1.66. The van der Waals surface area contributed by atoms with Gasteiger partial charge in [0.2, 0.25) is 0 Å². The van der Waals surface area contributed by atoms with Gasteiger partial charge in [0.25, 0.3) is 6.43 Å². The normalized spacial score (nSPS) is 10.9. The van der Waals surface area contributed by atoms with Crippen molar-refractivity contribution in [1.29, 1.82) is 0 Å². The third-order valence-corrected chi connectivity index (χ3v) is 3.12. The zero-order valence-electron chi connectivity index (χ0n) is 9.93. The quantitative estimate of drug-likeness (QED) is 0.587. The first-order valence-corrected chi connectivity index (χ1v) is 6.23. The van der Waals surface area contributed by atoms with E-state index in [-0.39, 0.29) is 27.0 Å². The fraction of sp³-hybridized carbons (Fsp3) is 0.0769. The first-order valence-electron chi connectivity index (χ1n) is 5.47. The lowest BCUT2D eigenvalue weighted by Gasteiger charge is -2.13. The molecule has 106 valence electrons. The van der Waals surface area contributed by atoms with Crippen molar-refractivity contribution in [2.24, 2.45) is 0 Å². The zero-order chi connectivity index (χ0) is 14.9. The van der Waals surface area contributed by atoms with Gasteiger partial charge in [0.05, 0.1) is 10.0 Å². The number of nitrogen functional groups attached to an aromatic ring is 1. The lowest BCUT2D eigenvalue weighted by molar-refractivity contribution is 0.152. The second-order valence-corrected chi connectivity index (χ2v) is 4.84. The maximum absolute atomic E-state index is 13.3. The molecule has 0 fully saturated rings. The van der Waals surface area contributed by atoms with Crippen LogP contribution in [0.2, 0.25) is 10.0 Å². The molecule has 3 N–H and O–H groups in total. The Kier molecular flexibility index (Phi) is 4.30. The minimum atomic E-state index is -2.70. The molecular weight excluding hydrogens is 312 g/mol. The molecule has 0 aliphatic heterocycles. The van der Waals surface area contributed by atoms with Gasteiger partial charge in [-0.15, -0.1) is 0 Å². The van der Waals surface area contributed by atoms with Gasteiger partial charge >= 0.3 is 0 Å². The topological polar surface area (TPSA) is 38.0 Å². The van der Waals surface area contributed by atoms with Crippen LogP contribution in [-0.2, 0) is 0 Å². The highest BCUT2D eigenvalue weighted by atomic mass is 35.5. The highest BCUT2D eigenvalue weighted by Gasteiger charge is 2.15. The predicted molar refractivity (Wildman–Crippen MR) is 75.5 cm³/mol. The van der Waals surface area contributed by atoms with Gasteiger partial charge in [0, 0.05) is 22.6 Å². The molecule has 0 saturated heterocycles. The number of nitrogens with two attached hydrogens (primary N) is 1. The molecule has 0 aliphatic carbocycles. The number of nitrogens with one attached hydrogen (secondary N) is 1. The lowest BCUT2D eigenvalue weighted by Crippen LogP contribution is -1.99. The Morgan fingerprint density at radius 2 is 1.65 bits per heavy atom. The third-order valence-electron chi connectivity index (χ3n) is 2.57. The number of halogens is 5. The molecule has 0 aliphatic rings. The monoisotopic (exact) mass is 320 g/mol. The smallest absolute Gasteiger partial charge is 0.265 e. The maximum Gasteiger partial charge on any atom is 0.265 e. The summed E-state index contributed by atoms with van der Waals surface area (Å²) in [4.78, 5) is 0. The number of anilines is 3. The Bertz CT molecular complexity index is 625. The summed E-state index contributed by atoms with van der Waals surface area (Å²) in [5.74, 6) is -0.759. The molecular formula is C13H9Cl2F3N2. The molecule has 7 heteroatoms. The van der Waals surface area contributed by atoms with E-state index in [1.165, 1.54) is 30.3 Å². The molecule has 0 bridgehead atoms. The molecule has 0 heterocycles. The summed E-state index contributed by atoms with van der Waals surface area (Å²) in [6.45, 7) is 0. The van der Waals surface area contributed by atoms with Crippen LogP contribution in [0.4, 0.5) is 30.2 Å². The van der Waals surface area contributed by atoms with E-state index in [2.05, 4.69) is 5.32 Å². The largest absolute Gasteiger partial charge is 0.399 e. The SMILES string of the molecule is Nc1ccc(Nc2cc(Cl)c(F)c(Cl)c2)c(C(F)F)c1. The van der Waals surface area contributed by atoms with Crippen LogP contribution >= 0.6 is 23.2 Å². The van der Waals surface area contributed by atoms with E-state index in [9.17, 15) is 13.2 Å². The fourth-order valence-corrected chi connectivity index (χ4v) is 2.15. The van der Waals surface area contributed by atoms with Gasteiger partial charge in [0.1, 0.15) is 0 Å². The van der Waals surface area contributed by atoms with E-state index < -0.39 is 12.2 Å². The molecule has 0 unspecified atom stereocenters. The average molecular weight is 321 g/mol. The molecule has 0 saturated carbocycles. The van der Waals surface area contributed by atoms with Crippen LogP contribution in [0.15, 0.2) is 30.3 Å². The van der Waals surface area contributed by atoms with Crippen LogP contribution in [0.5, 0.6) is 0 Å². The minimum absolute atomic E-state index is 0.146. The summed E-state index contributed by atoms with van der Waals surface area (Å²) in [6, 6.07) is 6.56. The second-order valence-electron chi connectivity index (χ2n) is 4.03. The van der Waals surface area contributed by atoms with Crippen LogP contribution in [0, 0.1) is 5.82 Å². The standard InChI is InChI=1S/C13H9Cl2F3N2/c14-9-4-7(5-10(15)12(9)16)20-11-2-1-6(19)3-8(11)13(17)18/h1-5,13,20H,19H2. The first-order chi connectivity index (χ1) is 9.38. The number of rotatable bonds is 3. The van der Waals surface area contributed by atoms with Gasteiger partial charge in [-0.1, -0.05) is 23.2 Å². The van der Waals surface area contributed by atoms with Crippen LogP contribution in [0.25, 0.3) is 0 Å². The summed E-state index contributed by atoms with van der Waals surface area (Å²) >= 11 is 11.3. The van der Waals surface area contributed by atoms with E-state index in [4.69, 9.17) is 28.9 Å². The molecule has 0 radical (unpaired) electrons. The molecule has 20 heavy (non-hydrogen) atoms. The molecule has 2 rings (SSSR count). The Labute approximate surface area is 123 Å². The first kappa shape index (κ1) is 14.8. The van der Waals surface area contributed by atoms with E-state index in [1.807, 2.05) is 0 Å². The van der Waals surface area contributed by atoms with E-state index in [0.29, 0.717) is 5.69 Å². The highest BCUT2D eigenvalue weighted by Crippen LogP contribution is 2.33. The molecule has 2 aromatic rings. The van der Waals surface area contributed by atoms with Gasteiger partial charge in [-0.25, -0.2) is 13.2 Å². The van der Waals surface area contributed by atoms with Crippen LogP contribution in [0.3, 0.4) is 0 Å². The molecule has 0 atom stereocenters. The molecule has 0 amide bonds. The van der Waals surface area contributed by atoms with Gasteiger partial charge in [-0.3, -0.25) is 0 Å². The van der Waals surface area contributed by atoms with Crippen molar-refractivity contribution < 1.29 is 13.2 Å². The van der Waals surface area contributed by atoms with Crippen molar-refractivity contribution in [1.82, 2.24) is 0 Å². The summed E-state index contributed by atoms with van der Waals surface area (Å²) < 4.78 is 39.1. The van der Waals surface area contributed by atoms with Crippen molar-refractivity contribution in [3.8, 4) is 0 Å². The predicted octanol–water partition coefficient (Wildman–Crippen LogP) is 5.40. The van der Waals surface area contributed by atoms with Gasteiger partial charge in [-0.05, 0) is 30.3 Å². The maximum atomic E-state index is 13.3. The number of alkyl halides is 2. The number of hydrogen-bond donors (Lipinski definition) is 2. The van der Waals surface area contributed by atoms with Crippen molar-refractivity contribution in [2.45, 2.75) is 6.43 Å². The van der Waals surface area contributed by atoms with Crippen molar-refractivity contribution in [2.75, 3.05) is 11.1 Å². The summed E-state index contributed by atoms with van der Waals surface area (Å²) in [5, 5.41) is 2.32. The van der Waals surface area contributed by atoms with Gasteiger partial charge in [0.15, 0.2) is 5.82 Å². The average Bonchev–Trinajstić information content (AvgIpc) is 2.37. The van der Waals surface area contributed by atoms with Gasteiger partial charge in [-0.2, -0.15) is 0 Å². The van der Waals surface area contributed by atoms with E-state index in [1.54, 1.807) is 0 Å². The summed E-state index contributed by atoms with van der Waals surface area (Å²) in [5.41, 5.74) is 5.88. The van der Waals surface area contributed by atoms with Crippen molar-refractivity contribution in [3.05, 3.63) is 51.8 Å². The van der Waals surface area contributed by atoms with Gasteiger partial charge < -0.3 is 11.1 Å².